The summed E-state index contributed by atoms with van der Waals surface area (Å²) in [6.07, 6.45) is 1.26. The van der Waals surface area contributed by atoms with Gasteiger partial charge in [0.25, 0.3) is 11.8 Å². The summed E-state index contributed by atoms with van der Waals surface area (Å²) in [5.74, 6) is -7.73. The van der Waals surface area contributed by atoms with Gasteiger partial charge in [-0.05, 0) is 30.4 Å². The second kappa shape index (κ2) is 12.6. The highest BCUT2D eigenvalue weighted by Gasteiger charge is 2.76. The van der Waals surface area contributed by atoms with Crippen molar-refractivity contribution in [3.63, 3.8) is 0 Å². The minimum Gasteiger partial charge on any atom is -0.508 e. The molecular weight excluding hydrogens is 733 g/mol. The zero-order valence-corrected chi connectivity index (χ0v) is 29.9. The number of ether oxygens (including phenoxy) is 1. The van der Waals surface area contributed by atoms with Crippen LogP contribution >= 0.6 is 23.2 Å². The van der Waals surface area contributed by atoms with Crippen LogP contribution in [0.15, 0.2) is 72.3 Å². The number of rotatable bonds is 8. The maximum atomic E-state index is 14.4. The van der Waals surface area contributed by atoms with Crippen LogP contribution in [0.1, 0.15) is 29.9 Å². The summed E-state index contributed by atoms with van der Waals surface area (Å²) < 4.78 is 5.87. The Morgan fingerprint density at radius 2 is 1.57 bits per heavy atom. The molecule has 3 aromatic carbocycles. The number of halogens is 2. The topological polar surface area (TPSA) is 194 Å². The predicted molar refractivity (Wildman–Crippen MR) is 191 cm³/mol. The van der Waals surface area contributed by atoms with Crippen LogP contribution in [0, 0.1) is 38.0 Å². The van der Waals surface area contributed by atoms with Gasteiger partial charge in [0.05, 0.1) is 27.4 Å². The SMILES string of the molecule is CN1C(=O)C2(Cl)CC3C(=CCC4C(=O)N(c5cc([N+](=O)[O-])c(N(C)C)c([N+](=O)[O-])c5)C(=O)C43)C(c3ccc(OCc4ccccc4)cc3O)C2(Cl)C1=O. The molecule has 2 heterocycles. The van der Waals surface area contributed by atoms with Crippen LogP contribution in [-0.4, -0.2) is 74.4 Å². The average molecular weight is 765 g/mol. The van der Waals surface area contributed by atoms with Crippen LogP contribution in [0.4, 0.5) is 22.7 Å². The molecule has 4 aliphatic rings. The van der Waals surface area contributed by atoms with Crippen molar-refractivity contribution in [2.45, 2.75) is 35.1 Å². The number of hydrogen-bond donors (Lipinski definition) is 1. The number of phenolic OH excluding ortho intramolecular Hbond substituents is 1. The Morgan fingerprint density at radius 3 is 2.15 bits per heavy atom. The Hall–Kier alpha value is -5.54. The van der Waals surface area contributed by atoms with Gasteiger partial charge in [-0.25, -0.2) is 4.90 Å². The molecule has 2 aliphatic heterocycles. The second-order valence-corrected chi connectivity index (χ2v) is 15.0. The third kappa shape index (κ3) is 5.16. The van der Waals surface area contributed by atoms with Gasteiger partial charge in [0.2, 0.25) is 11.8 Å². The van der Waals surface area contributed by atoms with Crippen molar-refractivity contribution in [3.8, 4) is 11.5 Å². The first kappa shape index (κ1) is 35.8. The molecule has 274 valence electrons. The highest BCUT2D eigenvalue weighted by molar-refractivity contribution is 6.53. The number of amides is 4. The molecule has 6 unspecified atom stereocenters. The Balaban J connectivity index is 1.32. The number of hydrogen-bond acceptors (Lipinski definition) is 11. The lowest BCUT2D eigenvalue weighted by Crippen LogP contribution is -2.60. The molecule has 7 rings (SSSR count). The van der Waals surface area contributed by atoms with Gasteiger partial charge in [-0.2, -0.15) is 0 Å². The molecule has 2 aliphatic carbocycles. The van der Waals surface area contributed by atoms with Gasteiger partial charge in [0.1, 0.15) is 18.1 Å². The fourth-order valence-electron chi connectivity index (χ4n) is 8.40. The molecule has 1 N–H and O–H groups in total. The molecule has 0 radical (unpaired) electrons. The van der Waals surface area contributed by atoms with Gasteiger partial charge < -0.3 is 14.7 Å². The number of alkyl halides is 2. The molecular formula is C36H31Cl2N5O10. The number of benzene rings is 3. The molecule has 1 saturated carbocycles. The fraction of sp³-hybridized carbons (Fsp3) is 0.333. The summed E-state index contributed by atoms with van der Waals surface area (Å²) >= 11 is 14.4. The van der Waals surface area contributed by atoms with Gasteiger partial charge in [0.15, 0.2) is 15.4 Å². The first-order valence-corrected chi connectivity index (χ1v) is 17.2. The first-order valence-electron chi connectivity index (χ1n) is 16.4. The van der Waals surface area contributed by atoms with Crippen LogP contribution in [0.5, 0.6) is 11.5 Å². The molecule has 4 amide bonds. The van der Waals surface area contributed by atoms with E-state index in [-0.39, 0.29) is 42.1 Å². The molecule has 0 spiro atoms. The monoisotopic (exact) mass is 763 g/mol. The molecule has 2 saturated heterocycles. The van der Waals surface area contributed by atoms with Crippen LogP contribution in [0.25, 0.3) is 0 Å². The summed E-state index contributed by atoms with van der Waals surface area (Å²) in [5.41, 5.74) is -0.681. The van der Waals surface area contributed by atoms with Crippen molar-refractivity contribution >= 4 is 69.6 Å². The van der Waals surface area contributed by atoms with E-state index in [0.717, 1.165) is 22.6 Å². The van der Waals surface area contributed by atoms with Crippen LogP contribution in [-0.2, 0) is 25.8 Å². The molecule has 3 fully saturated rings. The summed E-state index contributed by atoms with van der Waals surface area (Å²) in [6.45, 7) is 0.193. The predicted octanol–water partition coefficient (Wildman–Crippen LogP) is 5.05. The lowest BCUT2D eigenvalue weighted by Gasteiger charge is -2.50. The number of fused-ring (bicyclic) bond motifs is 4. The number of aromatic hydroxyl groups is 1. The highest BCUT2D eigenvalue weighted by atomic mass is 35.5. The van der Waals surface area contributed by atoms with Crippen LogP contribution in [0.2, 0.25) is 0 Å². The smallest absolute Gasteiger partial charge is 0.301 e. The molecule has 3 aromatic rings. The second-order valence-electron chi connectivity index (χ2n) is 13.7. The van der Waals surface area contributed by atoms with E-state index in [2.05, 4.69) is 0 Å². The van der Waals surface area contributed by atoms with Gasteiger partial charge in [-0.1, -0.05) is 48.0 Å². The van der Waals surface area contributed by atoms with E-state index in [1.165, 1.54) is 38.2 Å². The number of allylic oxidation sites excluding steroid dienone is 2. The van der Waals surface area contributed by atoms with Gasteiger partial charge in [-0.3, -0.25) is 44.3 Å². The standard InChI is InChI=1S/C36H31Cl2N5O10/c1-39(2)30-25(42(49)50)13-19(14-26(30)43(51)52)41-31(45)23-12-11-21-24(28(23)32(41)46)16-35(37)33(47)40(3)34(48)36(35,38)29(21)22-10-9-20(15-27(22)44)53-17-18-7-5-4-6-8-18/h4-11,13-15,23-24,28-29,44H,12,16-17H2,1-3H3. The van der Waals surface area contributed by atoms with Gasteiger partial charge in [-0.15, -0.1) is 23.2 Å². The van der Waals surface area contributed by atoms with E-state index in [1.807, 2.05) is 30.3 Å². The molecule has 0 aromatic heterocycles. The maximum Gasteiger partial charge on any atom is 0.301 e. The molecule has 15 nitrogen and oxygen atoms in total. The zero-order valence-electron chi connectivity index (χ0n) is 28.4. The Kier molecular flexibility index (Phi) is 8.49. The lowest BCUT2D eigenvalue weighted by atomic mass is 9.56. The summed E-state index contributed by atoms with van der Waals surface area (Å²) in [6, 6.07) is 15.6. The number of nitro benzene ring substituents is 2. The van der Waals surface area contributed by atoms with E-state index < -0.39 is 78.3 Å². The number of anilines is 2. The van der Waals surface area contributed by atoms with Crippen molar-refractivity contribution in [1.82, 2.24) is 4.90 Å². The van der Waals surface area contributed by atoms with Gasteiger partial charge >= 0.3 is 11.4 Å². The zero-order chi connectivity index (χ0) is 38.3. The third-order valence-electron chi connectivity index (χ3n) is 10.7. The number of carbonyl (C=O) groups is 4. The van der Waals surface area contributed by atoms with E-state index in [9.17, 15) is 44.5 Å². The summed E-state index contributed by atoms with van der Waals surface area (Å²) in [4.78, 5) is 77.1. The van der Waals surface area contributed by atoms with Crippen LogP contribution in [0.3, 0.4) is 0 Å². The number of nitrogens with zero attached hydrogens (tertiary/aromatic N) is 5. The first-order chi connectivity index (χ1) is 25.0. The van der Waals surface area contributed by atoms with Crippen molar-refractivity contribution in [3.05, 3.63) is 104 Å². The molecule has 6 atom stereocenters. The quantitative estimate of drug-likeness (QED) is 0.106. The van der Waals surface area contributed by atoms with E-state index in [0.29, 0.717) is 16.2 Å². The van der Waals surface area contributed by atoms with E-state index >= 15 is 0 Å². The number of carbonyl (C=O) groups excluding carboxylic acids is 4. The fourth-order valence-corrected chi connectivity index (χ4v) is 9.41. The third-order valence-corrected chi connectivity index (χ3v) is 12.1. The number of likely N-dealkylation sites (tertiary alicyclic amines) is 1. The number of nitro groups is 2. The molecule has 17 heteroatoms. The summed E-state index contributed by atoms with van der Waals surface area (Å²) in [5, 5.41) is 35.7. The number of phenols is 1. The van der Waals surface area contributed by atoms with E-state index in [1.54, 1.807) is 12.1 Å². The van der Waals surface area contributed by atoms with E-state index in [4.69, 9.17) is 27.9 Å². The maximum absolute atomic E-state index is 14.4. The van der Waals surface area contributed by atoms with Crippen molar-refractivity contribution in [2.75, 3.05) is 30.9 Å². The van der Waals surface area contributed by atoms with Crippen molar-refractivity contribution in [1.29, 1.82) is 0 Å². The largest absolute Gasteiger partial charge is 0.508 e. The minimum absolute atomic E-state index is 0.0483. The van der Waals surface area contributed by atoms with Crippen LogP contribution < -0.4 is 14.5 Å². The number of imide groups is 2. The average Bonchev–Trinajstić information content (AvgIpc) is 3.45. The Bertz CT molecular complexity index is 2140. The summed E-state index contributed by atoms with van der Waals surface area (Å²) in [7, 11) is 4.01. The molecule has 0 bridgehead atoms. The van der Waals surface area contributed by atoms with Gasteiger partial charge in [0, 0.05) is 50.8 Å². The van der Waals surface area contributed by atoms with Crippen molar-refractivity contribution < 1.29 is 38.9 Å². The Morgan fingerprint density at radius 1 is 0.925 bits per heavy atom. The lowest BCUT2D eigenvalue weighted by molar-refractivity contribution is -0.392. The highest BCUT2D eigenvalue weighted by Crippen LogP contribution is 2.66. The molecule has 53 heavy (non-hydrogen) atoms. The minimum atomic E-state index is -2.16. The van der Waals surface area contributed by atoms with Crippen molar-refractivity contribution in [2.24, 2.45) is 17.8 Å². The Labute approximate surface area is 311 Å². The normalized spacial score (nSPS) is 27.6.